The van der Waals surface area contributed by atoms with E-state index in [1.54, 1.807) is 41.3 Å². The van der Waals surface area contributed by atoms with Gasteiger partial charge in [0.25, 0.3) is 5.91 Å². The molecule has 1 aliphatic rings. The molecule has 0 radical (unpaired) electrons. The van der Waals surface area contributed by atoms with Crippen molar-refractivity contribution < 1.29 is 19.0 Å². The van der Waals surface area contributed by atoms with Crippen LogP contribution < -0.4 is 4.74 Å². The van der Waals surface area contributed by atoms with Crippen molar-refractivity contribution in [3.63, 3.8) is 0 Å². The first-order valence-electron chi connectivity index (χ1n) is 11.1. The van der Waals surface area contributed by atoms with Crippen LogP contribution in [0.5, 0.6) is 5.75 Å². The Morgan fingerprint density at radius 3 is 2.58 bits per heavy atom. The fourth-order valence-electron chi connectivity index (χ4n) is 3.91. The van der Waals surface area contributed by atoms with Gasteiger partial charge in [-0.15, -0.1) is 5.73 Å². The highest BCUT2D eigenvalue weighted by Crippen LogP contribution is 2.23. The number of amides is 1. The third-order valence-corrected chi connectivity index (χ3v) is 6.09. The molecule has 1 saturated heterocycles. The van der Waals surface area contributed by atoms with Gasteiger partial charge in [-0.3, -0.25) is 9.69 Å². The largest absolute Gasteiger partial charge is 0.484 e. The molecule has 7 heteroatoms. The summed E-state index contributed by atoms with van der Waals surface area (Å²) in [5, 5.41) is 10.8. The zero-order valence-electron chi connectivity index (χ0n) is 18.8. The number of aliphatic hydroxyl groups is 1. The van der Waals surface area contributed by atoms with Gasteiger partial charge in [-0.2, -0.15) is 0 Å². The Balaban J connectivity index is 1.72. The van der Waals surface area contributed by atoms with Gasteiger partial charge in [-0.05, 0) is 54.0 Å². The van der Waals surface area contributed by atoms with Crippen LogP contribution in [0.1, 0.15) is 25.3 Å². The summed E-state index contributed by atoms with van der Waals surface area (Å²) in [6.45, 7) is 8.01. The molecule has 5 nitrogen and oxygen atoms in total. The molecule has 2 unspecified atom stereocenters. The van der Waals surface area contributed by atoms with Gasteiger partial charge in [-0.25, -0.2) is 4.39 Å². The Morgan fingerprint density at radius 2 is 1.94 bits per heavy atom. The first-order chi connectivity index (χ1) is 15.9. The van der Waals surface area contributed by atoms with Crippen molar-refractivity contribution in [3.05, 3.63) is 82.8 Å². The maximum absolute atomic E-state index is 13.3. The van der Waals surface area contributed by atoms with Crippen LogP contribution in [0.15, 0.2) is 66.4 Å². The normalized spacial score (nSPS) is 17.3. The summed E-state index contributed by atoms with van der Waals surface area (Å²) < 4.78 is 19.0. The predicted molar refractivity (Wildman–Crippen MR) is 128 cm³/mol. The first kappa shape index (κ1) is 25.0. The highest BCUT2D eigenvalue weighted by atomic mass is 35.5. The van der Waals surface area contributed by atoms with E-state index >= 15 is 0 Å². The number of hydrogen-bond donors (Lipinski definition) is 1. The lowest BCUT2D eigenvalue weighted by atomic mass is 9.96. The maximum atomic E-state index is 13.3. The van der Waals surface area contributed by atoms with Gasteiger partial charge in [0.05, 0.1) is 12.1 Å². The molecule has 1 fully saturated rings. The van der Waals surface area contributed by atoms with E-state index in [1.165, 1.54) is 12.1 Å². The van der Waals surface area contributed by atoms with Crippen LogP contribution >= 0.6 is 11.6 Å². The highest BCUT2D eigenvalue weighted by molar-refractivity contribution is 6.30. The van der Waals surface area contributed by atoms with Crippen LogP contribution in [0.4, 0.5) is 4.39 Å². The molecule has 176 valence electrons. The fourth-order valence-corrected chi connectivity index (χ4v) is 4.04. The van der Waals surface area contributed by atoms with Crippen LogP contribution in [0, 0.1) is 5.82 Å². The molecule has 1 aliphatic heterocycles. The van der Waals surface area contributed by atoms with Gasteiger partial charge in [0, 0.05) is 37.6 Å². The number of piperazine rings is 1. The smallest absolute Gasteiger partial charge is 0.261 e. The van der Waals surface area contributed by atoms with Crippen molar-refractivity contribution >= 4 is 17.5 Å². The molecule has 0 aromatic heterocycles. The minimum atomic E-state index is -0.524. The Bertz CT molecular complexity index is 974. The summed E-state index contributed by atoms with van der Waals surface area (Å²) in [5.74, 6) is 0.161. The van der Waals surface area contributed by atoms with E-state index in [4.69, 9.17) is 16.3 Å². The molecule has 3 rings (SSSR count). The van der Waals surface area contributed by atoms with Gasteiger partial charge in [-0.1, -0.05) is 37.2 Å². The van der Waals surface area contributed by atoms with Crippen LogP contribution in [0.25, 0.3) is 0 Å². The minimum Gasteiger partial charge on any atom is -0.484 e. The lowest BCUT2D eigenvalue weighted by molar-refractivity contribution is -0.137. The number of halogens is 2. The molecule has 2 aromatic rings. The summed E-state index contributed by atoms with van der Waals surface area (Å²) in [6.07, 6.45) is 0.478. The quantitative estimate of drug-likeness (QED) is 0.548. The summed E-state index contributed by atoms with van der Waals surface area (Å²) in [4.78, 5) is 17.1. The van der Waals surface area contributed by atoms with E-state index in [1.807, 2.05) is 6.92 Å². The topological polar surface area (TPSA) is 53.0 Å². The van der Waals surface area contributed by atoms with Crippen molar-refractivity contribution in [1.29, 1.82) is 0 Å². The summed E-state index contributed by atoms with van der Waals surface area (Å²) in [5.41, 5.74) is 4.77. The van der Waals surface area contributed by atoms with E-state index < -0.39 is 6.10 Å². The SMILES string of the molecule is C=C=C(CC(O)CC)C1CN(Cc2ccc(F)cc2)CCN1C(=O)COc1ccc(Cl)cc1. The van der Waals surface area contributed by atoms with Gasteiger partial charge in [0.2, 0.25) is 0 Å². The Labute approximate surface area is 199 Å². The van der Waals surface area contributed by atoms with E-state index in [9.17, 15) is 14.3 Å². The van der Waals surface area contributed by atoms with Gasteiger partial charge >= 0.3 is 0 Å². The summed E-state index contributed by atoms with van der Waals surface area (Å²) in [7, 11) is 0. The second-order valence-corrected chi connectivity index (χ2v) is 8.61. The molecule has 0 bridgehead atoms. The number of carbonyl (C=O) groups is 1. The number of rotatable bonds is 9. The minimum absolute atomic E-state index is 0.100. The summed E-state index contributed by atoms with van der Waals surface area (Å²) in [6, 6.07) is 13.0. The van der Waals surface area contributed by atoms with Crippen LogP contribution in [-0.4, -0.2) is 59.2 Å². The van der Waals surface area contributed by atoms with Gasteiger partial charge in [0.1, 0.15) is 11.6 Å². The second-order valence-electron chi connectivity index (χ2n) is 8.18. The summed E-state index contributed by atoms with van der Waals surface area (Å²) >= 11 is 5.91. The van der Waals surface area contributed by atoms with Gasteiger partial charge in [0.15, 0.2) is 6.61 Å². The molecule has 0 saturated carbocycles. The van der Waals surface area contributed by atoms with Crippen molar-refractivity contribution in [2.45, 2.75) is 38.5 Å². The van der Waals surface area contributed by atoms with Crippen molar-refractivity contribution in [2.24, 2.45) is 0 Å². The predicted octanol–water partition coefficient (Wildman–Crippen LogP) is 4.44. The number of hydrogen-bond acceptors (Lipinski definition) is 4. The van der Waals surface area contributed by atoms with E-state index in [0.29, 0.717) is 49.8 Å². The van der Waals surface area contributed by atoms with Crippen LogP contribution in [0.2, 0.25) is 5.02 Å². The average Bonchev–Trinajstić information content (AvgIpc) is 2.83. The number of aliphatic hydroxyl groups excluding tert-OH is 1. The van der Waals surface area contributed by atoms with E-state index in [-0.39, 0.29) is 24.4 Å². The third-order valence-electron chi connectivity index (χ3n) is 5.84. The molecular formula is C26H30ClFN2O3. The number of carbonyl (C=O) groups excluding carboxylic acids is 1. The maximum Gasteiger partial charge on any atom is 0.261 e. The highest BCUT2D eigenvalue weighted by Gasteiger charge is 2.33. The zero-order valence-corrected chi connectivity index (χ0v) is 19.6. The number of nitrogens with zero attached hydrogens (tertiary/aromatic N) is 2. The third kappa shape index (κ3) is 7.18. The van der Waals surface area contributed by atoms with Gasteiger partial charge < -0.3 is 14.7 Å². The van der Waals surface area contributed by atoms with E-state index in [0.717, 1.165) is 11.1 Å². The van der Waals surface area contributed by atoms with Crippen LogP contribution in [-0.2, 0) is 11.3 Å². The Morgan fingerprint density at radius 1 is 1.24 bits per heavy atom. The van der Waals surface area contributed by atoms with Crippen molar-refractivity contribution in [3.8, 4) is 5.75 Å². The molecule has 33 heavy (non-hydrogen) atoms. The lowest BCUT2D eigenvalue weighted by Gasteiger charge is -2.42. The molecule has 1 heterocycles. The Kier molecular flexibility index (Phi) is 9.10. The van der Waals surface area contributed by atoms with E-state index in [2.05, 4.69) is 17.2 Å². The molecule has 2 aromatic carbocycles. The Hall–Kier alpha value is -2.63. The van der Waals surface area contributed by atoms with Crippen molar-refractivity contribution in [1.82, 2.24) is 9.80 Å². The average molecular weight is 473 g/mol. The zero-order chi connectivity index (χ0) is 23.8. The standard InChI is InChI=1S/C26H30ClFN2O3/c1-3-20(15-23(31)4-2)25-17-29(16-19-5-9-22(28)10-6-19)13-14-30(25)26(32)18-33-24-11-7-21(27)8-12-24/h5-12,23,25,31H,1,4,13-18H2,2H3. The molecule has 1 amide bonds. The molecule has 0 aliphatic carbocycles. The molecular weight excluding hydrogens is 443 g/mol. The number of ether oxygens (including phenoxy) is 1. The second kappa shape index (κ2) is 12.0. The monoisotopic (exact) mass is 472 g/mol. The fraction of sp³-hybridized carbons (Fsp3) is 0.385. The molecule has 1 N–H and O–H groups in total. The van der Waals surface area contributed by atoms with Crippen molar-refractivity contribution in [2.75, 3.05) is 26.2 Å². The molecule has 2 atom stereocenters. The number of benzene rings is 2. The lowest BCUT2D eigenvalue weighted by Crippen LogP contribution is -2.56. The van der Waals surface area contributed by atoms with Crippen LogP contribution in [0.3, 0.4) is 0 Å². The first-order valence-corrected chi connectivity index (χ1v) is 11.5. The molecule has 0 spiro atoms.